The third-order valence-electron chi connectivity index (χ3n) is 10.7. The first-order valence-electron chi connectivity index (χ1n) is 16.5. The molecule has 2 aromatic carbocycles. The fourth-order valence-electron chi connectivity index (χ4n) is 8.22. The second kappa shape index (κ2) is 12.8. The topological polar surface area (TPSA) is 42.9 Å². The monoisotopic (exact) mass is 593 g/mol. The molecule has 3 saturated heterocycles. The molecule has 4 aliphatic rings. The van der Waals surface area contributed by atoms with Gasteiger partial charge in [0, 0.05) is 83.0 Å². The van der Waals surface area contributed by atoms with Gasteiger partial charge in [-0.1, -0.05) is 54.6 Å². The predicted molar refractivity (Wildman–Crippen MR) is 174 cm³/mol. The molecular formula is C37H44FN5O. The summed E-state index contributed by atoms with van der Waals surface area (Å²) in [5.41, 5.74) is 4.67. The number of piperazine rings is 1. The summed E-state index contributed by atoms with van der Waals surface area (Å²) in [7, 11) is 0. The van der Waals surface area contributed by atoms with Crippen LogP contribution < -0.4 is 4.90 Å². The van der Waals surface area contributed by atoms with E-state index in [0.717, 1.165) is 90.3 Å². The first-order chi connectivity index (χ1) is 21.6. The smallest absolute Gasteiger partial charge is 0.222 e. The number of likely N-dealkylation sites (tertiary alicyclic amines) is 2. The van der Waals surface area contributed by atoms with Gasteiger partial charge in [0.2, 0.25) is 5.91 Å². The number of halogens is 1. The number of benzene rings is 2. The van der Waals surface area contributed by atoms with Gasteiger partial charge >= 0.3 is 0 Å². The highest BCUT2D eigenvalue weighted by Gasteiger charge is 2.40. The number of hydrogen-bond acceptors (Lipinski definition) is 5. The van der Waals surface area contributed by atoms with E-state index in [0.29, 0.717) is 30.0 Å². The van der Waals surface area contributed by atoms with Crippen LogP contribution in [-0.2, 0) is 16.8 Å². The molecule has 0 unspecified atom stereocenters. The molecule has 7 heteroatoms. The van der Waals surface area contributed by atoms with Crippen LogP contribution in [0.15, 0.2) is 79.0 Å². The predicted octanol–water partition coefficient (Wildman–Crippen LogP) is 5.60. The summed E-state index contributed by atoms with van der Waals surface area (Å²) in [5, 5.41) is 0. The zero-order chi connectivity index (χ0) is 29.9. The summed E-state index contributed by atoms with van der Waals surface area (Å²) in [6.07, 6.45) is 11.1. The van der Waals surface area contributed by atoms with Crippen molar-refractivity contribution in [2.45, 2.75) is 50.1 Å². The van der Waals surface area contributed by atoms with Crippen LogP contribution in [0, 0.1) is 11.7 Å². The summed E-state index contributed by atoms with van der Waals surface area (Å²) in [6.45, 7) is 8.02. The number of carbonyl (C=O) groups excluding carboxylic acids is 1. The molecule has 2 atom stereocenters. The molecule has 3 aliphatic heterocycles. The highest BCUT2D eigenvalue weighted by molar-refractivity contribution is 5.76. The number of aromatic nitrogens is 1. The quantitative estimate of drug-likeness (QED) is 0.357. The van der Waals surface area contributed by atoms with E-state index >= 15 is 0 Å². The van der Waals surface area contributed by atoms with E-state index in [4.69, 9.17) is 0 Å². The molecule has 3 aromatic rings. The van der Waals surface area contributed by atoms with Crippen LogP contribution >= 0.6 is 0 Å². The van der Waals surface area contributed by atoms with Crippen molar-refractivity contribution in [1.82, 2.24) is 19.7 Å². The maximum Gasteiger partial charge on any atom is 0.222 e. The molecule has 44 heavy (non-hydrogen) atoms. The van der Waals surface area contributed by atoms with Crippen LogP contribution in [0.25, 0.3) is 6.08 Å². The largest absolute Gasteiger partial charge is 0.367 e. The number of hydrogen-bond donors (Lipinski definition) is 0. The van der Waals surface area contributed by atoms with Gasteiger partial charge in [-0.25, -0.2) is 4.39 Å². The van der Waals surface area contributed by atoms with Gasteiger partial charge in [0.05, 0.1) is 11.4 Å². The third-order valence-corrected chi connectivity index (χ3v) is 10.7. The zero-order valence-corrected chi connectivity index (χ0v) is 25.7. The number of nitrogens with zero attached hydrogens (tertiary/aromatic N) is 5. The van der Waals surface area contributed by atoms with Gasteiger partial charge in [-0.2, -0.15) is 0 Å². The van der Waals surface area contributed by atoms with E-state index in [9.17, 15) is 9.18 Å². The number of amides is 1. The molecular weight excluding hydrogens is 549 g/mol. The Morgan fingerprint density at radius 3 is 2.45 bits per heavy atom. The molecule has 0 bridgehead atoms. The Bertz CT molecular complexity index is 1460. The number of piperidine rings is 2. The van der Waals surface area contributed by atoms with Crippen LogP contribution in [0.3, 0.4) is 0 Å². The van der Waals surface area contributed by atoms with Gasteiger partial charge in [0.25, 0.3) is 0 Å². The summed E-state index contributed by atoms with van der Waals surface area (Å²) >= 11 is 0. The molecule has 0 saturated carbocycles. The molecule has 0 N–H and O–H groups in total. The lowest BCUT2D eigenvalue weighted by Crippen LogP contribution is -2.57. The molecule has 1 spiro atoms. The number of anilines is 1. The highest BCUT2D eigenvalue weighted by atomic mass is 19.1. The molecule has 1 amide bonds. The van der Waals surface area contributed by atoms with E-state index in [-0.39, 0.29) is 11.2 Å². The summed E-state index contributed by atoms with van der Waals surface area (Å²) in [5.74, 6) is 0.578. The maximum absolute atomic E-state index is 14.5. The second-order valence-corrected chi connectivity index (χ2v) is 13.1. The number of carbonyl (C=O) groups is 1. The number of rotatable bonds is 7. The lowest BCUT2D eigenvalue weighted by molar-refractivity contribution is -0.133. The first-order valence-corrected chi connectivity index (χ1v) is 16.5. The Kier molecular flexibility index (Phi) is 8.50. The molecule has 230 valence electrons. The first kappa shape index (κ1) is 29.2. The fourth-order valence-corrected chi connectivity index (χ4v) is 8.22. The minimum Gasteiger partial charge on any atom is -0.367 e. The Morgan fingerprint density at radius 2 is 1.66 bits per heavy atom. The van der Waals surface area contributed by atoms with E-state index in [2.05, 4.69) is 73.1 Å². The minimum atomic E-state index is -0.142. The molecule has 7 rings (SSSR count). The summed E-state index contributed by atoms with van der Waals surface area (Å²) in [4.78, 5) is 27.6. The number of pyridine rings is 1. The van der Waals surface area contributed by atoms with Crippen LogP contribution in [-0.4, -0.2) is 84.0 Å². The van der Waals surface area contributed by atoms with Crippen LogP contribution in [0.1, 0.15) is 48.9 Å². The average molecular weight is 594 g/mol. The Hall–Kier alpha value is -3.55. The second-order valence-electron chi connectivity index (χ2n) is 13.1. The number of allylic oxidation sites excluding steroid dienone is 1. The van der Waals surface area contributed by atoms with Crippen molar-refractivity contribution in [2.75, 3.05) is 57.3 Å². The Labute approximate surface area is 261 Å². The van der Waals surface area contributed by atoms with Crippen molar-refractivity contribution < 1.29 is 9.18 Å². The third kappa shape index (κ3) is 6.04. The van der Waals surface area contributed by atoms with E-state index in [1.54, 1.807) is 12.1 Å². The zero-order valence-electron chi connectivity index (χ0n) is 25.7. The van der Waals surface area contributed by atoms with Crippen LogP contribution in [0.4, 0.5) is 10.1 Å². The van der Waals surface area contributed by atoms with E-state index in [1.165, 1.54) is 11.1 Å². The lowest BCUT2D eigenvalue weighted by atomic mass is 9.74. The van der Waals surface area contributed by atoms with Gasteiger partial charge < -0.3 is 9.80 Å². The van der Waals surface area contributed by atoms with Gasteiger partial charge in [0.1, 0.15) is 5.82 Å². The van der Waals surface area contributed by atoms with Crippen molar-refractivity contribution in [1.29, 1.82) is 0 Å². The standard InChI is InChI=1S/C37H44FN5O/c38-33-10-3-4-11-35(33)42-25-23-41(24-26-42)34-15-20-40(28-31-8-5-6-19-39-31)27-30(34)12-13-36(44)43-21-17-37(18-22-43)16-14-29-7-1-2-9-32(29)37/h1-11,14,16,19,30,34H,12-13,15,17-18,20-28H2/t30-,34+/m0/s1. The molecule has 1 aromatic heterocycles. The van der Waals surface area contributed by atoms with E-state index < -0.39 is 0 Å². The van der Waals surface area contributed by atoms with E-state index in [1.807, 2.05) is 24.4 Å². The van der Waals surface area contributed by atoms with Crippen molar-refractivity contribution in [3.63, 3.8) is 0 Å². The number of para-hydroxylation sites is 1. The maximum atomic E-state index is 14.5. The molecule has 4 heterocycles. The van der Waals surface area contributed by atoms with Gasteiger partial charge in [-0.15, -0.1) is 0 Å². The minimum absolute atomic E-state index is 0.0959. The van der Waals surface area contributed by atoms with Crippen LogP contribution in [0.2, 0.25) is 0 Å². The fraction of sp³-hybridized carbons (Fsp3) is 0.459. The van der Waals surface area contributed by atoms with Gasteiger partial charge in [-0.3, -0.25) is 19.6 Å². The summed E-state index contributed by atoms with van der Waals surface area (Å²) in [6, 6.07) is 22.4. The lowest BCUT2D eigenvalue weighted by Gasteiger charge is -2.47. The van der Waals surface area contributed by atoms with Crippen molar-refractivity contribution >= 4 is 17.7 Å². The molecule has 0 radical (unpaired) electrons. The highest BCUT2D eigenvalue weighted by Crippen LogP contribution is 2.43. The Morgan fingerprint density at radius 1 is 0.886 bits per heavy atom. The van der Waals surface area contributed by atoms with Crippen molar-refractivity contribution in [2.24, 2.45) is 5.92 Å². The van der Waals surface area contributed by atoms with Gasteiger partial charge in [-0.05, 0) is 67.0 Å². The summed E-state index contributed by atoms with van der Waals surface area (Å²) < 4.78 is 14.5. The number of fused-ring (bicyclic) bond motifs is 2. The molecule has 6 nitrogen and oxygen atoms in total. The normalized spacial score (nSPS) is 23.7. The van der Waals surface area contributed by atoms with Crippen molar-refractivity contribution in [3.05, 3.63) is 102 Å². The van der Waals surface area contributed by atoms with Crippen LogP contribution in [0.5, 0.6) is 0 Å². The average Bonchev–Trinajstić information content (AvgIpc) is 3.42. The SMILES string of the molecule is O=C(CC[C@H]1CN(Cc2ccccn2)CC[C@H]1N1CCN(c2ccccc2F)CC1)N1CCC2(C=Cc3ccccc32)CC1. The molecule has 3 fully saturated rings. The Balaban J connectivity index is 0.983. The molecule has 1 aliphatic carbocycles. The van der Waals surface area contributed by atoms with Gasteiger partial charge in [0.15, 0.2) is 0 Å². The van der Waals surface area contributed by atoms with Crippen molar-refractivity contribution in [3.8, 4) is 0 Å².